The molecule has 7 heteroatoms. The summed E-state index contributed by atoms with van der Waals surface area (Å²) in [5.74, 6) is 0.937. The molecule has 114 valence electrons. The summed E-state index contributed by atoms with van der Waals surface area (Å²) in [6.45, 7) is 6.72. The van der Waals surface area contributed by atoms with E-state index in [1.807, 2.05) is 0 Å². The number of aromatic nitrogens is 2. The standard InChI is InChI=1S/C14H21N5O2/c1-13(2)8-4-5-14(3,6-8)11(13)17-10-9(19(20)21)7-16-12(15)18-10/h7-8,11H,4-6H2,1-3H3,(H3,15,16,17,18). The van der Waals surface area contributed by atoms with Crippen LogP contribution in [0.5, 0.6) is 0 Å². The maximum absolute atomic E-state index is 11.2. The van der Waals surface area contributed by atoms with Gasteiger partial charge >= 0.3 is 5.69 Å². The van der Waals surface area contributed by atoms with Crippen molar-refractivity contribution in [1.82, 2.24) is 9.97 Å². The van der Waals surface area contributed by atoms with Crippen LogP contribution in [0.1, 0.15) is 40.0 Å². The summed E-state index contributed by atoms with van der Waals surface area (Å²) >= 11 is 0. The number of rotatable bonds is 3. The molecule has 0 aromatic carbocycles. The number of anilines is 2. The number of nitrogens with one attached hydrogen (secondary N) is 1. The van der Waals surface area contributed by atoms with E-state index in [1.165, 1.54) is 12.6 Å². The van der Waals surface area contributed by atoms with Gasteiger partial charge in [-0.15, -0.1) is 0 Å². The summed E-state index contributed by atoms with van der Waals surface area (Å²) in [6.07, 6.45) is 4.71. The Bertz CT molecular complexity index is 598. The normalized spacial score (nSPS) is 33.1. The molecule has 0 aliphatic heterocycles. The molecule has 0 spiro atoms. The second-order valence-electron chi connectivity index (χ2n) is 7.21. The molecule has 0 amide bonds. The fourth-order valence-corrected chi connectivity index (χ4v) is 4.43. The van der Waals surface area contributed by atoms with Crippen molar-refractivity contribution in [3.63, 3.8) is 0 Å². The molecule has 0 saturated heterocycles. The molecule has 2 bridgehead atoms. The molecule has 1 aromatic heterocycles. The minimum atomic E-state index is -0.468. The van der Waals surface area contributed by atoms with E-state index in [2.05, 4.69) is 36.1 Å². The predicted molar refractivity (Wildman–Crippen MR) is 79.7 cm³/mol. The Kier molecular flexibility index (Phi) is 2.86. The first-order chi connectivity index (χ1) is 9.74. The molecule has 3 atom stereocenters. The molecule has 21 heavy (non-hydrogen) atoms. The lowest BCUT2D eigenvalue weighted by molar-refractivity contribution is -0.384. The molecule has 7 nitrogen and oxygen atoms in total. The highest BCUT2D eigenvalue weighted by atomic mass is 16.6. The van der Waals surface area contributed by atoms with Crippen molar-refractivity contribution in [1.29, 1.82) is 0 Å². The Hall–Kier alpha value is -1.92. The van der Waals surface area contributed by atoms with E-state index < -0.39 is 4.92 Å². The van der Waals surface area contributed by atoms with Crippen molar-refractivity contribution in [3.05, 3.63) is 16.3 Å². The van der Waals surface area contributed by atoms with Gasteiger partial charge in [0.1, 0.15) is 6.20 Å². The predicted octanol–water partition coefficient (Wildman–Crippen LogP) is 2.59. The summed E-state index contributed by atoms with van der Waals surface area (Å²) in [6, 6.07) is 0.150. The van der Waals surface area contributed by atoms with Crippen molar-refractivity contribution < 1.29 is 4.92 Å². The van der Waals surface area contributed by atoms with Gasteiger partial charge in [-0.1, -0.05) is 20.8 Å². The maximum Gasteiger partial charge on any atom is 0.329 e. The Morgan fingerprint density at radius 2 is 2.19 bits per heavy atom. The third-order valence-corrected chi connectivity index (χ3v) is 5.54. The van der Waals surface area contributed by atoms with E-state index in [1.54, 1.807) is 0 Å². The molecular weight excluding hydrogens is 270 g/mol. The summed E-state index contributed by atoms with van der Waals surface area (Å²) in [7, 11) is 0. The third-order valence-electron chi connectivity index (χ3n) is 5.54. The topological polar surface area (TPSA) is 107 Å². The summed E-state index contributed by atoms with van der Waals surface area (Å²) in [4.78, 5) is 18.5. The fraction of sp³-hybridized carbons (Fsp3) is 0.714. The van der Waals surface area contributed by atoms with Crippen molar-refractivity contribution in [2.24, 2.45) is 16.7 Å². The van der Waals surface area contributed by atoms with Crippen LogP contribution in [0.2, 0.25) is 0 Å². The Labute approximate surface area is 123 Å². The third kappa shape index (κ3) is 2.02. The highest BCUT2D eigenvalue weighted by Gasteiger charge is 2.59. The maximum atomic E-state index is 11.2. The average molecular weight is 291 g/mol. The van der Waals surface area contributed by atoms with Gasteiger partial charge in [-0.05, 0) is 36.0 Å². The molecule has 1 aromatic rings. The number of nitrogens with zero attached hydrogens (tertiary/aromatic N) is 3. The highest BCUT2D eigenvalue weighted by Crippen LogP contribution is 2.63. The molecule has 1 heterocycles. The number of hydrogen-bond donors (Lipinski definition) is 2. The van der Waals surface area contributed by atoms with Crippen LogP contribution in [-0.2, 0) is 0 Å². The van der Waals surface area contributed by atoms with E-state index in [-0.39, 0.29) is 34.3 Å². The number of hydrogen-bond acceptors (Lipinski definition) is 6. The largest absolute Gasteiger partial charge is 0.368 e. The van der Waals surface area contributed by atoms with Crippen LogP contribution in [0.25, 0.3) is 0 Å². The van der Waals surface area contributed by atoms with Gasteiger partial charge in [-0.2, -0.15) is 4.98 Å². The minimum Gasteiger partial charge on any atom is -0.368 e. The van der Waals surface area contributed by atoms with Crippen LogP contribution in [0.15, 0.2) is 6.20 Å². The van der Waals surface area contributed by atoms with E-state index in [4.69, 9.17) is 5.73 Å². The van der Waals surface area contributed by atoms with Gasteiger partial charge in [0.25, 0.3) is 0 Å². The lowest BCUT2D eigenvalue weighted by Crippen LogP contribution is -2.46. The molecule has 3 unspecified atom stereocenters. The molecule has 2 aliphatic rings. The van der Waals surface area contributed by atoms with Crippen LogP contribution in [0, 0.1) is 26.9 Å². The summed E-state index contributed by atoms with van der Waals surface area (Å²) in [5.41, 5.74) is 5.71. The molecule has 2 saturated carbocycles. The quantitative estimate of drug-likeness (QED) is 0.654. The number of nitrogen functional groups attached to an aromatic ring is 1. The summed E-state index contributed by atoms with van der Waals surface area (Å²) in [5, 5.41) is 14.5. The van der Waals surface area contributed by atoms with Gasteiger partial charge < -0.3 is 11.1 Å². The Morgan fingerprint density at radius 1 is 1.48 bits per heavy atom. The van der Waals surface area contributed by atoms with Crippen LogP contribution < -0.4 is 11.1 Å². The zero-order valence-electron chi connectivity index (χ0n) is 12.6. The van der Waals surface area contributed by atoms with Crippen LogP contribution in [0.3, 0.4) is 0 Å². The van der Waals surface area contributed by atoms with Gasteiger partial charge in [0.05, 0.1) is 4.92 Å². The summed E-state index contributed by atoms with van der Waals surface area (Å²) < 4.78 is 0. The Morgan fingerprint density at radius 3 is 2.76 bits per heavy atom. The molecule has 3 rings (SSSR count). The smallest absolute Gasteiger partial charge is 0.329 e. The van der Waals surface area contributed by atoms with E-state index in [9.17, 15) is 10.1 Å². The second kappa shape index (κ2) is 4.29. The van der Waals surface area contributed by atoms with Crippen molar-refractivity contribution in [3.8, 4) is 0 Å². The molecule has 2 fully saturated rings. The molecule has 0 radical (unpaired) electrons. The monoisotopic (exact) mass is 291 g/mol. The van der Waals surface area contributed by atoms with Crippen LogP contribution >= 0.6 is 0 Å². The van der Waals surface area contributed by atoms with Crippen LogP contribution in [0.4, 0.5) is 17.5 Å². The number of nitro groups is 1. The molecule has 2 aliphatic carbocycles. The van der Waals surface area contributed by atoms with Gasteiger partial charge in [0.15, 0.2) is 0 Å². The second-order valence-corrected chi connectivity index (χ2v) is 7.21. The first-order valence-electron chi connectivity index (χ1n) is 7.27. The lowest BCUT2D eigenvalue weighted by Gasteiger charge is -2.43. The van der Waals surface area contributed by atoms with Gasteiger partial charge in [0, 0.05) is 6.04 Å². The van der Waals surface area contributed by atoms with Gasteiger partial charge in [-0.25, -0.2) is 4.98 Å². The SMILES string of the molecule is CC12CCC(C1)C(C)(C)C2Nc1nc(N)ncc1[N+](=O)[O-]. The van der Waals surface area contributed by atoms with Crippen molar-refractivity contribution in [2.75, 3.05) is 11.1 Å². The first kappa shape index (κ1) is 14.0. The molecular formula is C14H21N5O2. The zero-order valence-corrected chi connectivity index (χ0v) is 12.6. The van der Waals surface area contributed by atoms with Crippen LogP contribution in [-0.4, -0.2) is 20.9 Å². The minimum absolute atomic E-state index is 0.0502. The average Bonchev–Trinajstić information content (AvgIpc) is 2.85. The van der Waals surface area contributed by atoms with Crippen molar-refractivity contribution >= 4 is 17.5 Å². The highest BCUT2D eigenvalue weighted by molar-refractivity contribution is 5.57. The van der Waals surface area contributed by atoms with E-state index in [0.29, 0.717) is 5.92 Å². The first-order valence-corrected chi connectivity index (χ1v) is 7.27. The number of fused-ring (bicyclic) bond motifs is 2. The van der Waals surface area contributed by atoms with Gasteiger partial charge in [0.2, 0.25) is 11.8 Å². The molecule has 3 N–H and O–H groups in total. The van der Waals surface area contributed by atoms with E-state index in [0.717, 1.165) is 12.8 Å². The number of nitrogens with two attached hydrogens (primary N) is 1. The van der Waals surface area contributed by atoms with Gasteiger partial charge in [-0.3, -0.25) is 10.1 Å². The lowest BCUT2D eigenvalue weighted by atomic mass is 9.68. The van der Waals surface area contributed by atoms with Crippen molar-refractivity contribution in [2.45, 2.75) is 46.1 Å². The Balaban J connectivity index is 1.97. The van der Waals surface area contributed by atoms with E-state index >= 15 is 0 Å². The zero-order chi connectivity index (χ0) is 15.4. The fourth-order valence-electron chi connectivity index (χ4n) is 4.43.